The lowest BCUT2D eigenvalue weighted by Crippen LogP contribution is -3.00. The van der Waals surface area contributed by atoms with Crippen LogP contribution in [0.3, 0.4) is 0 Å². The van der Waals surface area contributed by atoms with Gasteiger partial charge >= 0.3 is 5.97 Å². The van der Waals surface area contributed by atoms with Crippen molar-refractivity contribution in [3.8, 4) is 0 Å². The van der Waals surface area contributed by atoms with Crippen LogP contribution in [0.4, 0.5) is 0 Å². The molecule has 0 bridgehead atoms. The van der Waals surface area contributed by atoms with Gasteiger partial charge in [0.1, 0.15) is 12.6 Å². The second-order valence-electron chi connectivity index (χ2n) is 7.60. The van der Waals surface area contributed by atoms with E-state index in [0.29, 0.717) is 24.4 Å². The number of nitrogens with zero attached hydrogens (tertiary/aromatic N) is 1. The summed E-state index contributed by atoms with van der Waals surface area (Å²) >= 11 is 0. The molecule has 158 valence electrons. The van der Waals surface area contributed by atoms with Crippen LogP contribution in [0.2, 0.25) is 0 Å². The average molecular weight is 510 g/mol. The van der Waals surface area contributed by atoms with Crippen LogP contribution in [0.25, 0.3) is 0 Å². The van der Waals surface area contributed by atoms with Crippen molar-refractivity contribution in [3.05, 3.63) is 65.5 Å². The highest BCUT2D eigenvalue weighted by molar-refractivity contribution is 5.93. The van der Waals surface area contributed by atoms with E-state index in [1.54, 1.807) is 12.3 Å². The highest BCUT2D eigenvalue weighted by Gasteiger charge is 2.17. The number of aromatic nitrogens is 1. The van der Waals surface area contributed by atoms with Crippen molar-refractivity contribution in [1.29, 1.82) is 0 Å². The summed E-state index contributed by atoms with van der Waals surface area (Å²) in [5, 5.41) is 2.84. The third-order valence-electron chi connectivity index (χ3n) is 4.53. The number of nitrogens with one attached hydrogen (secondary N) is 1. The summed E-state index contributed by atoms with van der Waals surface area (Å²) in [5.41, 5.74) is 2.85. The first-order valence-corrected chi connectivity index (χ1v) is 9.85. The van der Waals surface area contributed by atoms with Crippen molar-refractivity contribution in [1.82, 2.24) is 5.32 Å². The first kappa shape index (κ1) is 25.1. The number of carbonyl (C=O) groups is 2. The third-order valence-corrected chi connectivity index (χ3v) is 4.53. The van der Waals surface area contributed by atoms with E-state index in [0.717, 1.165) is 12.0 Å². The Bertz CT molecular complexity index is 791. The number of carbonyl (C=O) groups excluding carboxylic acids is 2. The van der Waals surface area contributed by atoms with Crippen LogP contribution in [-0.4, -0.2) is 25.0 Å². The average Bonchev–Trinajstić information content (AvgIpc) is 2.67. The minimum atomic E-state index is -0.299. The van der Waals surface area contributed by atoms with Crippen LogP contribution in [0, 0.1) is 5.92 Å². The first-order valence-electron chi connectivity index (χ1n) is 9.85. The fraction of sp³-hybridized carbons (Fsp3) is 0.435. The monoisotopic (exact) mass is 510 g/mol. The van der Waals surface area contributed by atoms with E-state index in [1.165, 1.54) is 5.56 Å². The van der Waals surface area contributed by atoms with Crippen molar-refractivity contribution in [2.24, 2.45) is 13.0 Å². The summed E-state index contributed by atoms with van der Waals surface area (Å²) < 4.78 is 7.19. The number of pyridine rings is 1. The maximum absolute atomic E-state index is 12.2. The van der Waals surface area contributed by atoms with Gasteiger partial charge in [-0.1, -0.05) is 38.1 Å². The topological polar surface area (TPSA) is 59.3 Å². The molecular formula is C23H31IN2O3. The molecule has 2 aromatic rings. The Morgan fingerprint density at radius 1 is 1.10 bits per heavy atom. The maximum atomic E-state index is 12.2. The summed E-state index contributed by atoms with van der Waals surface area (Å²) in [7, 11) is 1.87. The number of rotatable bonds is 9. The Morgan fingerprint density at radius 3 is 2.41 bits per heavy atom. The van der Waals surface area contributed by atoms with Gasteiger partial charge in [-0.3, -0.25) is 9.59 Å². The molecule has 0 saturated heterocycles. The number of amides is 1. The van der Waals surface area contributed by atoms with Crippen molar-refractivity contribution in [2.45, 2.75) is 39.5 Å². The first-order chi connectivity index (χ1) is 13.4. The number of benzene rings is 1. The van der Waals surface area contributed by atoms with Crippen molar-refractivity contribution < 1.29 is 42.9 Å². The molecule has 1 unspecified atom stereocenters. The maximum Gasteiger partial charge on any atom is 0.313 e. The van der Waals surface area contributed by atoms with Crippen molar-refractivity contribution in [2.75, 3.05) is 13.2 Å². The van der Waals surface area contributed by atoms with E-state index in [1.807, 2.05) is 42.9 Å². The van der Waals surface area contributed by atoms with Crippen molar-refractivity contribution >= 4 is 11.9 Å². The van der Waals surface area contributed by atoms with Gasteiger partial charge in [0, 0.05) is 12.6 Å². The van der Waals surface area contributed by atoms with Crippen LogP contribution < -0.4 is 33.9 Å². The number of hydrogen-bond acceptors (Lipinski definition) is 3. The normalized spacial score (nSPS) is 11.5. The molecule has 1 atom stereocenters. The fourth-order valence-electron chi connectivity index (χ4n) is 2.95. The molecule has 6 heteroatoms. The molecule has 2 rings (SSSR count). The number of aryl methyl sites for hydroxylation is 1. The molecule has 0 aliphatic heterocycles. The molecule has 0 aliphatic rings. The van der Waals surface area contributed by atoms with E-state index in [9.17, 15) is 9.59 Å². The van der Waals surface area contributed by atoms with E-state index in [2.05, 4.69) is 31.3 Å². The van der Waals surface area contributed by atoms with Gasteiger partial charge in [-0.15, -0.1) is 0 Å². The summed E-state index contributed by atoms with van der Waals surface area (Å²) in [6, 6.07) is 11.8. The molecule has 0 saturated carbocycles. The van der Waals surface area contributed by atoms with Gasteiger partial charge in [0.2, 0.25) is 0 Å². The predicted octanol–water partition coefficient (Wildman–Crippen LogP) is 0.180. The van der Waals surface area contributed by atoms with Gasteiger partial charge in [0.25, 0.3) is 5.91 Å². The molecule has 0 aliphatic carbocycles. The van der Waals surface area contributed by atoms with Gasteiger partial charge in [-0.25, -0.2) is 4.57 Å². The lowest BCUT2D eigenvalue weighted by Gasteiger charge is -2.13. The molecule has 1 amide bonds. The van der Waals surface area contributed by atoms with Gasteiger partial charge in [0.05, 0.1) is 12.5 Å². The van der Waals surface area contributed by atoms with Crippen LogP contribution in [0.1, 0.15) is 54.6 Å². The van der Waals surface area contributed by atoms with Gasteiger partial charge in [-0.05, 0) is 42.9 Å². The highest BCUT2D eigenvalue weighted by atomic mass is 127. The van der Waals surface area contributed by atoms with E-state index in [-0.39, 0.29) is 48.4 Å². The summed E-state index contributed by atoms with van der Waals surface area (Å²) in [4.78, 5) is 24.3. The minimum absolute atomic E-state index is 0. The number of hydrogen-bond donors (Lipinski definition) is 1. The molecular weight excluding hydrogens is 479 g/mol. The van der Waals surface area contributed by atoms with Crippen LogP contribution >= 0.6 is 0 Å². The Kier molecular flexibility index (Phi) is 10.9. The summed E-state index contributed by atoms with van der Waals surface area (Å²) in [6.07, 6.45) is 5.25. The second-order valence-corrected chi connectivity index (χ2v) is 7.60. The Morgan fingerprint density at radius 2 is 1.79 bits per heavy atom. The predicted molar refractivity (Wildman–Crippen MR) is 109 cm³/mol. The summed E-state index contributed by atoms with van der Waals surface area (Å²) in [6.45, 7) is 6.99. The van der Waals surface area contributed by atoms with E-state index >= 15 is 0 Å². The highest BCUT2D eigenvalue weighted by Crippen LogP contribution is 2.19. The van der Waals surface area contributed by atoms with Crippen LogP contribution in [-0.2, 0) is 23.0 Å². The fourth-order valence-corrected chi connectivity index (χ4v) is 2.95. The second kappa shape index (κ2) is 12.6. The molecule has 1 aromatic heterocycles. The molecule has 5 nitrogen and oxygen atoms in total. The number of esters is 1. The van der Waals surface area contributed by atoms with Crippen molar-refractivity contribution in [3.63, 3.8) is 0 Å². The lowest BCUT2D eigenvalue weighted by atomic mass is 9.97. The molecule has 0 spiro atoms. The van der Waals surface area contributed by atoms with Gasteiger partial charge in [-0.2, -0.15) is 0 Å². The smallest absolute Gasteiger partial charge is 0.313 e. The zero-order chi connectivity index (χ0) is 20.5. The quantitative estimate of drug-likeness (QED) is 0.227. The lowest BCUT2D eigenvalue weighted by molar-refractivity contribution is -0.671. The summed E-state index contributed by atoms with van der Waals surface area (Å²) in [5.74, 6) is -0.0548. The van der Waals surface area contributed by atoms with E-state index in [4.69, 9.17) is 4.74 Å². The number of halogens is 1. The van der Waals surface area contributed by atoms with Gasteiger partial charge < -0.3 is 34.0 Å². The SMILES string of the molecule is CC(C)Cc1ccc(C(C)C(=O)OCCCNC(=O)c2ccc[n+](C)c2)cc1.[I-]. The van der Waals surface area contributed by atoms with Gasteiger partial charge in [0.15, 0.2) is 12.4 Å². The molecule has 0 radical (unpaired) electrons. The third kappa shape index (κ3) is 8.51. The largest absolute Gasteiger partial charge is 1.00 e. The zero-order valence-corrected chi connectivity index (χ0v) is 19.8. The molecule has 1 N–H and O–H groups in total. The Balaban J connectivity index is 0.00000420. The Hall–Kier alpha value is -1.96. The molecule has 1 heterocycles. The molecule has 29 heavy (non-hydrogen) atoms. The zero-order valence-electron chi connectivity index (χ0n) is 17.7. The van der Waals surface area contributed by atoms with Crippen LogP contribution in [0.15, 0.2) is 48.8 Å². The van der Waals surface area contributed by atoms with Crippen LogP contribution in [0.5, 0.6) is 0 Å². The Labute approximate surface area is 190 Å². The molecule has 1 aromatic carbocycles. The molecule has 0 fully saturated rings. The van der Waals surface area contributed by atoms with E-state index < -0.39 is 0 Å². The number of ether oxygens (including phenoxy) is 1. The minimum Gasteiger partial charge on any atom is -1.00 e. The standard InChI is InChI=1S/C23H30N2O3.HI/c1-17(2)15-19-8-10-20(11-9-19)18(3)23(27)28-14-6-12-24-22(26)21-7-5-13-25(4)16-21;/h5,7-11,13,16-18H,6,12,14-15H2,1-4H3;1H.